The highest BCUT2D eigenvalue weighted by molar-refractivity contribution is 9.10. The summed E-state index contributed by atoms with van der Waals surface area (Å²) in [6.45, 7) is 0. The van der Waals surface area contributed by atoms with E-state index in [9.17, 15) is 4.39 Å². The van der Waals surface area contributed by atoms with Crippen LogP contribution in [0, 0.1) is 10.6 Å². The average molecular weight is 351 g/mol. The van der Waals surface area contributed by atoms with Crippen molar-refractivity contribution in [2.45, 2.75) is 0 Å². The first kappa shape index (κ1) is 13.1. The highest BCUT2D eigenvalue weighted by Gasteiger charge is 2.12. The van der Waals surface area contributed by atoms with Crippen LogP contribution in [0.4, 0.5) is 4.39 Å². The molecule has 1 N–H and O–H groups in total. The summed E-state index contributed by atoms with van der Waals surface area (Å²) in [4.78, 5) is 4.25. The second-order valence-electron chi connectivity index (χ2n) is 4.00. The molecule has 100 valence electrons. The summed E-state index contributed by atoms with van der Waals surface area (Å²) in [5.74, 6) is 0.247. The van der Waals surface area contributed by atoms with Crippen LogP contribution in [0.5, 0.6) is 0 Å². The van der Waals surface area contributed by atoms with Crippen LogP contribution in [-0.4, -0.2) is 19.7 Å². The topological polar surface area (TPSA) is 46.5 Å². The number of rotatable bonds is 2. The molecule has 20 heavy (non-hydrogen) atoms. The first-order valence-electron chi connectivity index (χ1n) is 5.71. The molecule has 2 aromatic heterocycles. The number of H-pyrrole nitrogens is 1. The van der Waals surface area contributed by atoms with Crippen LogP contribution in [0.1, 0.15) is 0 Å². The summed E-state index contributed by atoms with van der Waals surface area (Å²) in [7, 11) is 0. The molecular weight excluding hydrogens is 343 g/mol. The van der Waals surface area contributed by atoms with Crippen molar-refractivity contribution in [2.75, 3.05) is 0 Å². The highest BCUT2D eigenvalue weighted by atomic mass is 79.9. The standard InChI is InChI=1S/C13H8BrFN4S/c14-9-7-8(4-5-10(9)15)19-12(17-18-13(19)20)11-3-1-2-6-16-11/h1-7H,(H,18,20). The molecule has 3 aromatic rings. The predicted octanol–water partition coefficient (Wildman–Crippen LogP) is 3.89. The van der Waals surface area contributed by atoms with Gasteiger partial charge in [-0.3, -0.25) is 14.6 Å². The summed E-state index contributed by atoms with van der Waals surface area (Å²) in [6, 6.07) is 10.2. The molecule has 0 unspecified atom stereocenters. The average Bonchev–Trinajstić information content (AvgIpc) is 2.85. The van der Waals surface area contributed by atoms with Crippen molar-refractivity contribution in [2.24, 2.45) is 0 Å². The summed E-state index contributed by atoms with van der Waals surface area (Å²) in [6.07, 6.45) is 1.68. The van der Waals surface area contributed by atoms with Crippen molar-refractivity contribution in [3.05, 3.63) is 57.7 Å². The normalized spacial score (nSPS) is 10.7. The van der Waals surface area contributed by atoms with Gasteiger partial charge in [0.05, 0.1) is 10.2 Å². The van der Waals surface area contributed by atoms with Gasteiger partial charge in [-0.1, -0.05) is 6.07 Å². The Hall–Kier alpha value is -1.86. The van der Waals surface area contributed by atoms with E-state index in [1.165, 1.54) is 6.07 Å². The minimum atomic E-state index is -0.330. The third-order valence-corrected chi connectivity index (χ3v) is 3.61. The summed E-state index contributed by atoms with van der Waals surface area (Å²) in [5.41, 5.74) is 1.39. The van der Waals surface area contributed by atoms with Gasteiger partial charge in [-0.2, -0.15) is 5.10 Å². The van der Waals surface area contributed by atoms with Gasteiger partial charge < -0.3 is 0 Å². The Balaban J connectivity index is 2.22. The van der Waals surface area contributed by atoms with Crippen molar-refractivity contribution in [1.29, 1.82) is 0 Å². The zero-order valence-corrected chi connectivity index (χ0v) is 12.4. The SMILES string of the molecule is Fc1ccc(-n2c(-c3ccccn3)n[nH]c2=S)cc1Br. The minimum Gasteiger partial charge on any atom is -0.267 e. The highest BCUT2D eigenvalue weighted by Crippen LogP contribution is 2.23. The smallest absolute Gasteiger partial charge is 0.200 e. The van der Waals surface area contributed by atoms with Gasteiger partial charge in [0.1, 0.15) is 11.5 Å². The van der Waals surface area contributed by atoms with E-state index in [0.717, 1.165) is 0 Å². The number of nitrogens with zero attached hydrogens (tertiary/aromatic N) is 3. The first-order chi connectivity index (χ1) is 9.66. The van der Waals surface area contributed by atoms with E-state index in [4.69, 9.17) is 12.2 Å². The quantitative estimate of drug-likeness (QED) is 0.713. The van der Waals surface area contributed by atoms with Gasteiger partial charge in [0, 0.05) is 6.20 Å². The Bertz CT molecular complexity index is 813. The maximum Gasteiger partial charge on any atom is 0.200 e. The van der Waals surface area contributed by atoms with Gasteiger partial charge in [0.2, 0.25) is 0 Å². The molecule has 1 aromatic carbocycles. The van der Waals surface area contributed by atoms with Gasteiger partial charge in [-0.25, -0.2) is 4.39 Å². The fourth-order valence-electron chi connectivity index (χ4n) is 1.83. The van der Waals surface area contributed by atoms with Crippen LogP contribution < -0.4 is 0 Å². The monoisotopic (exact) mass is 350 g/mol. The van der Waals surface area contributed by atoms with Gasteiger partial charge in [0.25, 0.3) is 0 Å². The van der Waals surface area contributed by atoms with Gasteiger partial charge in [0.15, 0.2) is 10.6 Å². The Kier molecular flexibility index (Phi) is 3.45. The van der Waals surface area contributed by atoms with Gasteiger partial charge in [-0.05, 0) is 58.5 Å². The molecule has 0 saturated heterocycles. The van der Waals surface area contributed by atoms with Crippen LogP contribution in [0.15, 0.2) is 47.1 Å². The third-order valence-electron chi connectivity index (χ3n) is 2.73. The van der Waals surface area contributed by atoms with Crippen molar-refractivity contribution in [3.8, 4) is 17.2 Å². The van der Waals surface area contributed by atoms with E-state index in [0.29, 0.717) is 26.4 Å². The maximum absolute atomic E-state index is 13.3. The number of aromatic nitrogens is 4. The van der Waals surface area contributed by atoms with Crippen molar-refractivity contribution in [3.63, 3.8) is 0 Å². The van der Waals surface area contributed by atoms with Crippen LogP contribution in [0.25, 0.3) is 17.2 Å². The molecule has 0 amide bonds. The number of benzene rings is 1. The number of aromatic amines is 1. The largest absolute Gasteiger partial charge is 0.267 e. The lowest BCUT2D eigenvalue weighted by atomic mass is 10.3. The van der Waals surface area contributed by atoms with E-state index < -0.39 is 0 Å². The molecule has 0 spiro atoms. The van der Waals surface area contributed by atoms with E-state index >= 15 is 0 Å². The lowest BCUT2D eigenvalue weighted by Crippen LogP contribution is -1.99. The molecule has 0 bridgehead atoms. The zero-order valence-electron chi connectivity index (χ0n) is 10.0. The van der Waals surface area contributed by atoms with Gasteiger partial charge in [-0.15, -0.1) is 0 Å². The minimum absolute atomic E-state index is 0.330. The molecule has 0 atom stereocenters. The molecular formula is C13H8BrFN4S. The van der Waals surface area contributed by atoms with Gasteiger partial charge >= 0.3 is 0 Å². The molecule has 2 heterocycles. The molecule has 0 radical (unpaired) electrons. The summed E-state index contributed by atoms with van der Waals surface area (Å²) < 4.78 is 15.8. The zero-order chi connectivity index (χ0) is 14.1. The molecule has 0 aliphatic heterocycles. The number of halogens is 2. The molecule has 4 nitrogen and oxygen atoms in total. The second-order valence-corrected chi connectivity index (χ2v) is 5.24. The Morgan fingerprint density at radius 3 is 2.80 bits per heavy atom. The van der Waals surface area contributed by atoms with Crippen LogP contribution in [-0.2, 0) is 0 Å². The Morgan fingerprint density at radius 1 is 1.25 bits per heavy atom. The lowest BCUT2D eigenvalue weighted by Gasteiger charge is -2.07. The number of pyridine rings is 1. The van der Waals surface area contributed by atoms with Crippen molar-refractivity contribution < 1.29 is 4.39 Å². The molecule has 0 aliphatic rings. The van der Waals surface area contributed by atoms with E-state index in [2.05, 4.69) is 31.1 Å². The van der Waals surface area contributed by atoms with Crippen molar-refractivity contribution >= 4 is 28.1 Å². The van der Waals surface area contributed by atoms with E-state index in [1.54, 1.807) is 22.9 Å². The first-order valence-corrected chi connectivity index (χ1v) is 6.91. The predicted molar refractivity (Wildman–Crippen MR) is 79.6 cm³/mol. The molecule has 7 heteroatoms. The lowest BCUT2D eigenvalue weighted by molar-refractivity contribution is 0.620. The van der Waals surface area contributed by atoms with E-state index in [-0.39, 0.29) is 5.82 Å². The van der Waals surface area contributed by atoms with E-state index in [1.807, 2.05) is 18.2 Å². The fourth-order valence-corrected chi connectivity index (χ4v) is 2.43. The summed E-state index contributed by atoms with van der Waals surface area (Å²) >= 11 is 8.41. The van der Waals surface area contributed by atoms with Crippen LogP contribution in [0.2, 0.25) is 0 Å². The fraction of sp³-hybridized carbons (Fsp3) is 0. The summed E-state index contributed by atoms with van der Waals surface area (Å²) in [5, 5.41) is 6.92. The molecule has 0 fully saturated rings. The Morgan fingerprint density at radius 2 is 2.10 bits per heavy atom. The third kappa shape index (κ3) is 2.30. The van der Waals surface area contributed by atoms with Crippen molar-refractivity contribution in [1.82, 2.24) is 19.7 Å². The molecule has 3 rings (SSSR count). The molecule has 0 aliphatic carbocycles. The maximum atomic E-state index is 13.3. The number of hydrogen-bond acceptors (Lipinski definition) is 3. The number of nitrogens with one attached hydrogen (secondary N) is 1. The second kappa shape index (κ2) is 5.26. The van der Waals surface area contributed by atoms with Crippen LogP contribution in [0.3, 0.4) is 0 Å². The molecule has 0 saturated carbocycles. The number of hydrogen-bond donors (Lipinski definition) is 1. The van der Waals surface area contributed by atoms with Crippen LogP contribution >= 0.6 is 28.1 Å². The Labute approximate surface area is 127 Å².